The molecule has 8 atom stereocenters. The molecule has 8 heterocycles. The van der Waals surface area contributed by atoms with Gasteiger partial charge in [0, 0.05) is 98.0 Å². The van der Waals surface area contributed by atoms with Crippen LogP contribution in [0.15, 0.2) is 60.8 Å². The normalized spacial score (nSPS) is 28.2. The Morgan fingerprint density at radius 3 is 2.05 bits per heavy atom. The van der Waals surface area contributed by atoms with Gasteiger partial charge in [-0.15, -0.1) is 0 Å². The van der Waals surface area contributed by atoms with E-state index < -0.39 is 0 Å². The van der Waals surface area contributed by atoms with Crippen molar-refractivity contribution in [3.8, 4) is 34.5 Å². The number of ether oxygens (including phenoxy) is 3. The second-order valence-corrected chi connectivity index (χ2v) is 23.9. The zero-order valence-electron chi connectivity index (χ0n) is 43.4. The number of nitrogens with zero attached hydrogens (tertiary/aromatic N) is 10. The number of halogens is 1. The van der Waals surface area contributed by atoms with E-state index in [0.717, 1.165) is 126 Å². The third-order valence-electron chi connectivity index (χ3n) is 19.7. The SMILES string of the molecule is COc1cc(C(=O)N2C[C@H]3CC4C(c5ccc6cc(-c7nc8cc(C(=O)N9C[C@H]%10CC[C@@H]9[C@@H]%10N)cc(OC)c8n7[C@H]7C[C@@H](OC)C7)n(CC7CC7)c6n5)[C@@H]2[C@H]43)cc2nc(-c3cc4cc(F)cnc4n3CC3CC3)n(C)c12. The number of hydrogen-bond donors (Lipinski definition) is 1. The zero-order chi connectivity index (χ0) is 51.2. The quantitative estimate of drug-likeness (QED) is 0.118. The molecule has 0 spiro atoms. The number of rotatable bonds is 13. The number of nitrogens with two attached hydrogens (primary N) is 1. The molecule has 2 amide bonds. The molecule has 8 aliphatic rings. The van der Waals surface area contributed by atoms with Crippen LogP contribution in [0.3, 0.4) is 0 Å². The number of carbonyl (C=O) groups excluding carboxylic acids is 2. The summed E-state index contributed by atoms with van der Waals surface area (Å²) in [5.41, 5.74) is 15.4. The van der Waals surface area contributed by atoms with Gasteiger partial charge in [0.25, 0.3) is 11.8 Å². The van der Waals surface area contributed by atoms with Crippen LogP contribution in [-0.2, 0) is 24.9 Å². The highest BCUT2D eigenvalue weighted by molar-refractivity contribution is 6.02. The van der Waals surface area contributed by atoms with E-state index in [1.807, 2.05) is 46.8 Å². The summed E-state index contributed by atoms with van der Waals surface area (Å²) in [6, 6.07) is 18.1. The molecular weight excluding hydrogens is 962 g/mol. The van der Waals surface area contributed by atoms with Crippen molar-refractivity contribution < 1.29 is 28.2 Å². The van der Waals surface area contributed by atoms with Gasteiger partial charge in [0.2, 0.25) is 0 Å². The first-order chi connectivity index (χ1) is 37.0. The number of carbonyl (C=O) groups is 2. The minimum atomic E-state index is -0.373. The molecule has 17 heteroatoms. The van der Waals surface area contributed by atoms with Gasteiger partial charge in [-0.25, -0.2) is 24.3 Å². The number of amides is 2. The van der Waals surface area contributed by atoms with Crippen LogP contribution in [0.2, 0.25) is 0 Å². The lowest BCUT2D eigenvalue weighted by Gasteiger charge is -2.58. The van der Waals surface area contributed by atoms with Gasteiger partial charge in [-0.2, -0.15) is 0 Å². The Hall–Kier alpha value is -6.85. The highest BCUT2D eigenvalue weighted by atomic mass is 19.1. The molecule has 8 aromatic rings. The van der Waals surface area contributed by atoms with Gasteiger partial charge in [0.05, 0.1) is 48.9 Å². The van der Waals surface area contributed by atoms with Crippen LogP contribution < -0.4 is 15.2 Å². The summed E-state index contributed by atoms with van der Waals surface area (Å²) in [5.74, 6) is 5.31. The van der Waals surface area contributed by atoms with Gasteiger partial charge in [-0.3, -0.25) is 9.59 Å². The summed E-state index contributed by atoms with van der Waals surface area (Å²) in [5, 5.41) is 1.79. The van der Waals surface area contributed by atoms with E-state index in [-0.39, 0.29) is 53.8 Å². The number of aromatic nitrogens is 8. The molecular formula is C59H62FN11O5. The van der Waals surface area contributed by atoms with Crippen molar-refractivity contribution in [2.45, 2.75) is 107 Å². The van der Waals surface area contributed by atoms with E-state index >= 15 is 4.79 Å². The fourth-order valence-corrected chi connectivity index (χ4v) is 15.4. The molecule has 6 saturated carbocycles. The lowest BCUT2D eigenvalue weighted by atomic mass is 9.46. The third-order valence-corrected chi connectivity index (χ3v) is 19.7. The van der Waals surface area contributed by atoms with Crippen molar-refractivity contribution in [3.63, 3.8) is 0 Å². The Labute approximate surface area is 438 Å². The van der Waals surface area contributed by atoms with E-state index in [1.54, 1.807) is 21.3 Å². The number of hydrogen-bond acceptors (Lipinski definition) is 10. The summed E-state index contributed by atoms with van der Waals surface area (Å²) in [4.78, 5) is 54.3. The van der Waals surface area contributed by atoms with Crippen molar-refractivity contribution in [2.75, 3.05) is 34.4 Å². The second kappa shape index (κ2) is 16.3. The van der Waals surface area contributed by atoms with Gasteiger partial charge in [-0.1, -0.05) is 0 Å². The molecule has 8 fully saturated rings. The lowest BCUT2D eigenvalue weighted by Crippen LogP contribution is -2.60. The third kappa shape index (κ3) is 6.53. The predicted molar refractivity (Wildman–Crippen MR) is 284 cm³/mol. The maximum absolute atomic E-state index is 15.1. The molecule has 390 valence electrons. The summed E-state index contributed by atoms with van der Waals surface area (Å²) in [6.45, 7) is 3.02. The van der Waals surface area contributed by atoms with Crippen molar-refractivity contribution in [1.29, 1.82) is 0 Å². The van der Waals surface area contributed by atoms with E-state index in [4.69, 9.17) is 34.9 Å². The Kier molecular flexibility index (Phi) is 9.75. The van der Waals surface area contributed by atoms with Crippen molar-refractivity contribution >= 4 is 55.9 Å². The number of aryl methyl sites for hydroxylation is 1. The Balaban J connectivity index is 0.752. The predicted octanol–water partition coefficient (Wildman–Crippen LogP) is 8.72. The molecule has 2 bridgehead atoms. The first kappa shape index (κ1) is 45.4. The van der Waals surface area contributed by atoms with Crippen LogP contribution in [-0.4, -0.2) is 118 Å². The van der Waals surface area contributed by atoms with Crippen LogP contribution in [0, 0.1) is 41.3 Å². The topological polar surface area (TPSA) is 166 Å². The fourth-order valence-electron chi connectivity index (χ4n) is 15.4. The number of fused-ring (bicyclic) bond motifs is 6. The molecule has 6 aliphatic carbocycles. The Bertz CT molecular complexity index is 3790. The number of benzene rings is 2. The monoisotopic (exact) mass is 1020 g/mol. The van der Waals surface area contributed by atoms with Crippen LogP contribution in [0.1, 0.15) is 96.2 Å². The number of methoxy groups -OCH3 is 3. The number of pyridine rings is 2. The molecule has 2 unspecified atom stereocenters. The zero-order valence-corrected chi connectivity index (χ0v) is 43.4. The van der Waals surface area contributed by atoms with E-state index in [1.165, 1.54) is 25.1 Å². The number of likely N-dealkylation sites (tertiary alicyclic amines) is 2. The highest BCUT2D eigenvalue weighted by Crippen LogP contribution is 2.67. The molecule has 16 nitrogen and oxygen atoms in total. The minimum Gasteiger partial charge on any atom is -0.494 e. The lowest BCUT2D eigenvalue weighted by molar-refractivity contribution is -0.0501. The fraction of sp³-hybridized carbons (Fsp3) is 0.492. The minimum absolute atomic E-state index is 0.0127. The van der Waals surface area contributed by atoms with E-state index in [9.17, 15) is 9.18 Å². The van der Waals surface area contributed by atoms with E-state index in [2.05, 4.69) is 41.8 Å². The first-order valence-electron chi connectivity index (χ1n) is 27.7. The maximum Gasteiger partial charge on any atom is 0.254 e. The molecule has 2 aliphatic heterocycles. The Morgan fingerprint density at radius 2 is 1.37 bits per heavy atom. The number of piperidine rings is 1. The van der Waals surface area contributed by atoms with Crippen LogP contribution in [0.25, 0.3) is 67.2 Å². The summed E-state index contributed by atoms with van der Waals surface area (Å²) in [7, 11) is 7.08. The van der Waals surface area contributed by atoms with Gasteiger partial charge < -0.3 is 48.0 Å². The average molecular weight is 1020 g/mol. The maximum atomic E-state index is 15.1. The number of imidazole rings is 2. The van der Waals surface area contributed by atoms with Crippen molar-refractivity contribution in [3.05, 3.63) is 83.4 Å². The molecule has 16 rings (SSSR count). The van der Waals surface area contributed by atoms with Crippen LogP contribution in [0.4, 0.5) is 4.39 Å². The van der Waals surface area contributed by atoms with Crippen LogP contribution in [0.5, 0.6) is 11.5 Å². The molecule has 2 N–H and O–H groups in total. The molecule has 0 radical (unpaired) electrons. The van der Waals surface area contributed by atoms with Gasteiger partial charge in [-0.05, 0) is 148 Å². The molecule has 6 aromatic heterocycles. The second-order valence-electron chi connectivity index (χ2n) is 23.9. The summed E-state index contributed by atoms with van der Waals surface area (Å²) in [6.07, 6.45) is 10.9. The van der Waals surface area contributed by atoms with Crippen LogP contribution >= 0.6 is 0 Å². The van der Waals surface area contributed by atoms with Gasteiger partial charge in [0.15, 0.2) is 11.6 Å². The molecule has 76 heavy (non-hydrogen) atoms. The largest absolute Gasteiger partial charge is 0.494 e. The van der Waals surface area contributed by atoms with Crippen molar-refractivity contribution in [1.82, 2.24) is 48.0 Å². The highest BCUT2D eigenvalue weighted by Gasteiger charge is 2.68. The first-order valence-corrected chi connectivity index (χ1v) is 27.7. The Morgan fingerprint density at radius 1 is 0.711 bits per heavy atom. The summed E-state index contributed by atoms with van der Waals surface area (Å²) < 4.78 is 41.5. The average Bonchev–Trinajstić information content (AvgIpc) is 4.26. The van der Waals surface area contributed by atoms with Gasteiger partial charge >= 0.3 is 0 Å². The summed E-state index contributed by atoms with van der Waals surface area (Å²) >= 11 is 0. The standard InChI is InChI=1S/C59H62FN11O5/c1-66-51-41(64-56(66)44-18-32-13-36(60)23-62-54(32)67(44)24-28-5-6-28)15-34(19-46(51)75-3)59(73)70-27-35-14-39-48(35)53(70)49(39)40-11-9-30-17-45(68(55(30)63-40)25-29-7-8-29)57-65-42-16-33(58(72)69-26-31-10-12-43(69)50(31)61)20-47(76-4)52(42)71(57)37-21-38(22-37)74-2/h9,11,13,15-20,23,28-29,31,35,37-39,43,48-50,53H,5-8,10,12,14,21-22,24-27,61H2,1-4H3/t31-,35-,37-,38+,39?,43-,48+,49?,50-,53+/m1/s1. The van der Waals surface area contributed by atoms with Crippen molar-refractivity contribution in [2.24, 2.45) is 48.3 Å². The van der Waals surface area contributed by atoms with E-state index in [0.29, 0.717) is 76.0 Å². The smallest absolute Gasteiger partial charge is 0.254 e. The molecule has 2 saturated heterocycles. The van der Waals surface area contributed by atoms with Gasteiger partial charge in [0.1, 0.15) is 39.6 Å². The molecule has 2 aromatic carbocycles.